The first-order chi connectivity index (χ1) is 8.28. The summed E-state index contributed by atoms with van der Waals surface area (Å²) in [5.41, 5.74) is 5.83. The third-order valence-electron chi connectivity index (χ3n) is 3.27. The lowest BCUT2D eigenvalue weighted by molar-refractivity contribution is 0.315. The first-order valence-corrected chi connectivity index (χ1v) is 7.21. The van der Waals surface area contributed by atoms with Gasteiger partial charge in [0.1, 0.15) is 0 Å². The van der Waals surface area contributed by atoms with Crippen LogP contribution in [-0.2, 0) is 13.0 Å². The van der Waals surface area contributed by atoms with Crippen LogP contribution in [0.25, 0.3) is 0 Å². The van der Waals surface area contributed by atoms with Crippen LogP contribution in [0.15, 0.2) is 17.1 Å². The molecule has 1 heterocycles. The molecule has 0 aromatic carbocycles. The Labute approximate surface area is 130 Å². The van der Waals surface area contributed by atoms with E-state index >= 15 is 0 Å². The molecule has 0 bridgehead atoms. The van der Waals surface area contributed by atoms with Crippen LogP contribution < -0.4 is 11.1 Å². The lowest BCUT2D eigenvalue weighted by Gasteiger charge is -2.25. The van der Waals surface area contributed by atoms with Gasteiger partial charge in [0.15, 0.2) is 5.96 Å². The maximum absolute atomic E-state index is 5.83. The summed E-state index contributed by atoms with van der Waals surface area (Å²) in [5, 5.41) is 3.21. The Bertz CT molecular complexity index is 385. The highest BCUT2D eigenvalue weighted by molar-refractivity contribution is 14.0. The van der Waals surface area contributed by atoms with Crippen LogP contribution in [0.2, 0.25) is 0 Å². The summed E-state index contributed by atoms with van der Waals surface area (Å²) in [4.78, 5) is 7.07. The standard InChI is InChI=1S/C13H21N3S.HI/c1-2-11-6-7-12(17-11)9-16-13(14)15-8-10-4-3-5-10;/h6-7,10H,2-5,8-9H2,1H3,(H3,14,15,16);1H. The van der Waals surface area contributed by atoms with E-state index in [2.05, 4.69) is 29.4 Å². The molecule has 0 radical (unpaired) electrons. The Balaban J connectivity index is 0.00000162. The number of nitrogens with one attached hydrogen (secondary N) is 1. The summed E-state index contributed by atoms with van der Waals surface area (Å²) in [7, 11) is 0. The fraction of sp³-hybridized carbons (Fsp3) is 0.615. The minimum atomic E-state index is 0. The first-order valence-electron chi connectivity index (χ1n) is 6.39. The van der Waals surface area contributed by atoms with Crippen LogP contribution in [-0.4, -0.2) is 12.5 Å². The minimum Gasteiger partial charge on any atom is -0.370 e. The van der Waals surface area contributed by atoms with Crippen LogP contribution in [0.3, 0.4) is 0 Å². The Kier molecular flexibility index (Phi) is 6.99. The van der Waals surface area contributed by atoms with E-state index in [-0.39, 0.29) is 24.0 Å². The Morgan fingerprint density at radius 1 is 1.44 bits per heavy atom. The molecule has 5 heteroatoms. The van der Waals surface area contributed by atoms with Gasteiger partial charge in [0, 0.05) is 16.3 Å². The van der Waals surface area contributed by atoms with Gasteiger partial charge < -0.3 is 11.1 Å². The van der Waals surface area contributed by atoms with E-state index in [9.17, 15) is 0 Å². The number of nitrogens with zero attached hydrogens (tertiary/aromatic N) is 1. The number of guanidine groups is 1. The molecule has 0 spiro atoms. The summed E-state index contributed by atoms with van der Waals surface area (Å²) >= 11 is 1.82. The van der Waals surface area contributed by atoms with Crippen molar-refractivity contribution in [3.05, 3.63) is 21.9 Å². The molecule has 2 rings (SSSR count). The average Bonchev–Trinajstić information content (AvgIpc) is 2.72. The maximum Gasteiger partial charge on any atom is 0.188 e. The average molecular weight is 379 g/mol. The van der Waals surface area contributed by atoms with Gasteiger partial charge in [0.25, 0.3) is 0 Å². The largest absolute Gasteiger partial charge is 0.370 e. The minimum absolute atomic E-state index is 0. The van der Waals surface area contributed by atoms with Crippen molar-refractivity contribution in [2.75, 3.05) is 6.54 Å². The van der Waals surface area contributed by atoms with E-state index in [1.54, 1.807) is 0 Å². The number of nitrogens with two attached hydrogens (primary N) is 1. The molecule has 1 saturated carbocycles. The topological polar surface area (TPSA) is 50.4 Å². The molecule has 0 amide bonds. The van der Waals surface area contributed by atoms with Gasteiger partial charge in [0.05, 0.1) is 6.54 Å². The van der Waals surface area contributed by atoms with Gasteiger partial charge in [-0.3, -0.25) is 0 Å². The molecule has 3 nitrogen and oxygen atoms in total. The first kappa shape index (κ1) is 15.8. The van der Waals surface area contributed by atoms with E-state index in [0.29, 0.717) is 12.5 Å². The smallest absolute Gasteiger partial charge is 0.188 e. The van der Waals surface area contributed by atoms with Crippen LogP contribution in [0.5, 0.6) is 0 Å². The molecule has 0 aliphatic heterocycles. The quantitative estimate of drug-likeness (QED) is 0.469. The normalized spacial score (nSPS) is 15.9. The summed E-state index contributed by atoms with van der Waals surface area (Å²) in [6.45, 7) is 3.86. The van der Waals surface area contributed by atoms with E-state index in [1.165, 1.54) is 29.0 Å². The predicted octanol–water partition coefficient (Wildman–Crippen LogP) is 3.13. The second kappa shape index (κ2) is 7.99. The molecule has 1 aromatic heterocycles. The Hall–Kier alpha value is -0.300. The molecule has 1 aromatic rings. The number of aryl methyl sites for hydroxylation is 1. The number of thiophene rings is 1. The van der Waals surface area contributed by atoms with E-state index < -0.39 is 0 Å². The number of rotatable bonds is 5. The predicted molar refractivity (Wildman–Crippen MR) is 89.8 cm³/mol. The second-order valence-electron chi connectivity index (χ2n) is 4.60. The Morgan fingerprint density at radius 3 is 2.72 bits per heavy atom. The van der Waals surface area contributed by atoms with Crippen LogP contribution in [0.1, 0.15) is 35.9 Å². The molecular formula is C13H22IN3S. The van der Waals surface area contributed by atoms with Crippen molar-refractivity contribution < 1.29 is 0 Å². The van der Waals surface area contributed by atoms with Crippen LogP contribution >= 0.6 is 35.3 Å². The van der Waals surface area contributed by atoms with Crippen molar-refractivity contribution in [2.24, 2.45) is 16.6 Å². The number of aliphatic imine (C=N–C) groups is 1. The van der Waals surface area contributed by atoms with E-state index in [1.807, 2.05) is 11.3 Å². The van der Waals surface area contributed by atoms with Crippen molar-refractivity contribution in [2.45, 2.75) is 39.2 Å². The van der Waals surface area contributed by atoms with Crippen molar-refractivity contribution in [3.8, 4) is 0 Å². The summed E-state index contributed by atoms with van der Waals surface area (Å²) < 4.78 is 0. The summed E-state index contributed by atoms with van der Waals surface area (Å²) in [6, 6.07) is 4.32. The number of hydrogen-bond donors (Lipinski definition) is 2. The summed E-state index contributed by atoms with van der Waals surface area (Å²) in [5.74, 6) is 1.40. The molecule has 1 aliphatic rings. The van der Waals surface area contributed by atoms with Gasteiger partial charge in [-0.15, -0.1) is 35.3 Å². The zero-order valence-corrected chi connectivity index (χ0v) is 14.0. The van der Waals surface area contributed by atoms with Gasteiger partial charge >= 0.3 is 0 Å². The lowest BCUT2D eigenvalue weighted by atomic mass is 9.85. The molecule has 0 atom stereocenters. The zero-order chi connectivity index (χ0) is 12.1. The second-order valence-corrected chi connectivity index (χ2v) is 5.85. The lowest BCUT2D eigenvalue weighted by Crippen LogP contribution is -2.37. The van der Waals surface area contributed by atoms with Crippen LogP contribution in [0, 0.1) is 5.92 Å². The highest BCUT2D eigenvalue weighted by Crippen LogP contribution is 2.25. The molecule has 3 N–H and O–H groups in total. The third kappa shape index (κ3) is 4.76. The molecular weight excluding hydrogens is 357 g/mol. The van der Waals surface area contributed by atoms with Crippen molar-refractivity contribution in [3.63, 3.8) is 0 Å². The van der Waals surface area contributed by atoms with Gasteiger partial charge in [-0.2, -0.15) is 0 Å². The zero-order valence-electron chi connectivity index (χ0n) is 10.8. The van der Waals surface area contributed by atoms with Crippen molar-refractivity contribution >= 4 is 41.3 Å². The number of hydrogen-bond acceptors (Lipinski definition) is 2. The molecule has 18 heavy (non-hydrogen) atoms. The van der Waals surface area contributed by atoms with E-state index in [4.69, 9.17) is 5.73 Å². The SMILES string of the molecule is CCc1ccc(CN=C(N)NCC2CCC2)s1.I. The maximum atomic E-state index is 5.83. The molecule has 1 aliphatic carbocycles. The molecule has 1 fully saturated rings. The van der Waals surface area contributed by atoms with Gasteiger partial charge in [-0.1, -0.05) is 13.3 Å². The van der Waals surface area contributed by atoms with Gasteiger partial charge in [-0.05, 0) is 37.3 Å². The van der Waals surface area contributed by atoms with Crippen molar-refractivity contribution in [1.82, 2.24) is 5.32 Å². The van der Waals surface area contributed by atoms with Crippen LogP contribution in [0.4, 0.5) is 0 Å². The van der Waals surface area contributed by atoms with Gasteiger partial charge in [0.2, 0.25) is 0 Å². The summed E-state index contributed by atoms with van der Waals surface area (Å²) in [6.07, 6.45) is 5.15. The Morgan fingerprint density at radius 2 is 2.17 bits per heavy atom. The molecule has 102 valence electrons. The fourth-order valence-electron chi connectivity index (χ4n) is 1.86. The monoisotopic (exact) mass is 379 g/mol. The molecule has 0 saturated heterocycles. The number of halogens is 1. The highest BCUT2D eigenvalue weighted by atomic mass is 127. The van der Waals surface area contributed by atoms with E-state index in [0.717, 1.165) is 18.9 Å². The van der Waals surface area contributed by atoms with Gasteiger partial charge in [-0.25, -0.2) is 4.99 Å². The third-order valence-corrected chi connectivity index (χ3v) is 4.48. The van der Waals surface area contributed by atoms with Crippen molar-refractivity contribution in [1.29, 1.82) is 0 Å². The fourth-order valence-corrected chi connectivity index (χ4v) is 2.74. The highest BCUT2D eigenvalue weighted by Gasteiger charge is 2.16. The molecule has 0 unspecified atom stereocenters.